The number of aromatic amines is 1. The molecule has 2 aromatic carbocycles. The Labute approximate surface area is 168 Å². The molecule has 0 aliphatic carbocycles. The number of carbonyl (C=O) groups is 1. The van der Waals surface area contributed by atoms with Gasteiger partial charge >= 0.3 is 0 Å². The van der Waals surface area contributed by atoms with E-state index in [1.165, 1.54) is 11.8 Å². The van der Waals surface area contributed by atoms with Crippen LogP contribution < -0.4 is 14.8 Å². The number of nitrogens with zero attached hydrogens (tertiary/aromatic N) is 1. The lowest BCUT2D eigenvalue weighted by Crippen LogP contribution is -2.15. The molecule has 0 bridgehead atoms. The van der Waals surface area contributed by atoms with Crippen molar-refractivity contribution >= 4 is 23.4 Å². The minimum Gasteiger partial charge on any atom is -0.494 e. The van der Waals surface area contributed by atoms with Gasteiger partial charge in [0.2, 0.25) is 5.91 Å². The highest BCUT2D eigenvalue weighted by atomic mass is 32.2. The van der Waals surface area contributed by atoms with E-state index < -0.39 is 0 Å². The summed E-state index contributed by atoms with van der Waals surface area (Å²) in [6.45, 7) is 4.89. The first-order valence-corrected chi connectivity index (χ1v) is 10.1. The van der Waals surface area contributed by atoms with Crippen molar-refractivity contribution in [2.24, 2.45) is 0 Å². The highest BCUT2D eigenvalue weighted by molar-refractivity contribution is 7.99. The molecule has 1 aromatic heterocycles. The fourth-order valence-electron chi connectivity index (χ4n) is 2.61. The summed E-state index contributed by atoms with van der Waals surface area (Å²) in [5.74, 6) is 1.39. The molecule has 0 radical (unpaired) electrons. The SMILES string of the molecule is CCOc1ccc(OCC)c(NC(=O)CSc2ncc(-c3ccccc3)[nH]2)c1. The van der Waals surface area contributed by atoms with Crippen LogP contribution in [0, 0.1) is 0 Å². The molecule has 146 valence electrons. The van der Waals surface area contributed by atoms with E-state index in [1.54, 1.807) is 18.3 Å². The van der Waals surface area contributed by atoms with E-state index in [-0.39, 0.29) is 11.7 Å². The molecular formula is C21H23N3O3S. The third kappa shape index (κ3) is 5.29. The number of benzene rings is 2. The van der Waals surface area contributed by atoms with E-state index in [0.717, 1.165) is 11.3 Å². The predicted octanol–water partition coefficient (Wildman–Crippen LogP) is 4.60. The van der Waals surface area contributed by atoms with Crippen molar-refractivity contribution in [3.05, 3.63) is 54.7 Å². The largest absolute Gasteiger partial charge is 0.494 e. The van der Waals surface area contributed by atoms with E-state index in [1.807, 2.05) is 50.2 Å². The van der Waals surface area contributed by atoms with Crippen molar-refractivity contribution in [3.8, 4) is 22.8 Å². The lowest BCUT2D eigenvalue weighted by molar-refractivity contribution is -0.113. The molecule has 0 aliphatic heterocycles. The number of carbonyl (C=O) groups excluding carboxylic acids is 1. The zero-order chi connectivity index (χ0) is 19.8. The summed E-state index contributed by atoms with van der Waals surface area (Å²) in [6, 6.07) is 15.3. The first kappa shape index (κ1) is 19.8. The monoisotopic (exact) mass is 397 g/mol. The molecule has 0 saturated heterocycles. The standard InChI is InChI=1S/C21H23N3O3S/c1-3-26-16-10-11-19(27-4-2)17(12-16)23-20(25)14-28-21-22-13-18(24-21)15-8-6-5-7-9-15/h5-13H,3-4,14H2,1-2H3,(H,22,24)(H,23,25). The van der Waals surface area contributed by atoms with E-state index in [4.69, 9.17) is 9.47 Å². The summed E-state index contributed by atoms with van der Waals surface area (Å²) in [5.41, 5.74) is 2.58. The van der Waals surface area contributed by atoms with Gasteiger partial charge in [-0.1, -0.05) is 42.1 Å². The van der Waals surface area contributed by atoms with Gasteiger partial charge in [0.25, 0.3) is 0 Å². The van der Waals surface area contributed by atoms with Crippen LogP contribution in [0.4, 0.5) is 5.69 Å². The quantitative estimate of drug-likeness (QED) is 0.516. The minimum absolute atomic E-state index is 0.141. The van der Waals surface area contributed by atoms with Crippen molar-refractivity contribution in [3.63, 3.8) is 0 Å². The molecule has 6 nitrogen and oxygen atoms in total. The van der Waals surface area contributed by atoms with Gasteiger partial charge in [-0.05, 0) is 31.5 Å². The lowest BCUT2D eigenvalue weighted by Gasteiger charge is -2.13. The molecule has 0 spiro atoms. The average Bonchev–Trinajstić information content (AvgIpc) is 3.19. The molecule has 7 heteroatoms. The number of aromatic nitrogens is 2. The number of anilines is 1. The maximum absolute atomic E-state index is 12.4. The van der Waals surface area contributed by atoms with Crippen molar-refractivity contribution < 1.29 is 14.3 Å². The Kier molecular flexibility index (Phi) is 6.97. The number of H-pyrrole nitrogens is 1. The van der Waals surface area contributed by atoms with Gasteiger partial charge in [-0.15, -0.1) is 0 Å². The molecule has 3 rings (SSSR count). The van der Waals surface area contributed by atoms with Crippen LogP contribution >= 0.6 is 11.8 Å². The number of ether oxygens (including phenoxy) is 2. The molecule has 2 N–H and O–H groups in total. The summed E-state index contributed by atoms with van der Waals surface area (Å²) in [7, 11) is 0. The Morgan fingerprint density at radius 1 is 1.11 bits per heavy atom. The van der Waals surface area contributed by atoms with E-state index >= 15 is 0 Å². The maximum Gasteiger partial charge on any atom is 0.234 e. The molecule has 0 aliphatic rings. The Balaban J connectivity index is 1.61. The van der Waals surface area contributed by atoms with Crippen LogP contribution in [0.1, 0.15) is 13.8 Å². The smallest absolute Gasteiger partial charge is 0.234 e. The fraction of sp³-hybridized carbons (Fsp3) is 0.238. The molecule has 0 unspecified atom stereocenters. The number of rotatable bonds is 9. The number of amides is 1. The first-order valence-electron chi connectivity index (χ1n) is 9.12. The summed E-state index contributed by atoms with van der Waals surface area (Å²) in [6.07, 6.45) is 1.77. The van der Waals surface area contributed by atoms with Gasteiger partial charge in [-0.25, -0.2) is 4.98 Å². The molecular weight excluding hydrogens is 374 g/mol. The molecule has 1 heterocycles. The van der Waals surface area contributed by atoms with Crippen molar-refractivity contribution in [2.75, 3.05) is 24.3 Å². The van der Waals surface area contributed by atoms with Crippen LogP contribution in [0.5, 0.6) is 11.5 Å². The van der Waals surface area contributed by atoms with Gasteiger partial charge < -0.3 is 19.8 Å². The van der Waals surface area contributed by atoms with Crippen LogP contribution in [0.3, 0.4) is 0 Å². The maximum atomic E-state index is 12.4. The molecule has 3 aromatic rings. The number of imidazole rings is 1. The second-order valence-electron chi connectivity index (χ2n) is 5.83. The summed E-state index contributed by atoms with van der Waals surface area (Å²) in [4.78, 5) is 20.0. The second kappa shape index (κ2) is 9.85. The zero-order valence-electron chi connectivity index (χ0n) is 15.9. The number of thioether (sulfide) groups is 1. The van der Waals surface area contributed by atoms with Gasteiger partial charge in [0.1, 0.15) is 11.5 Å². The second-order valence-corrected chi connectivity index (χ2v) is 6.79. The van der Waals surface area contributed by atoms with Gasteiger partial charge in [-0.2, -0.15) is 0 Å². The van der Waals surface area contributed by atoms with Crippen LogP contribution in [-0.4, -0.2) is 34.8 Å². The Bertz CT molecular complexity index is 912. The molecule has 0 atom stereocenters. The molecule has 0 fully saturated rings. The number of nitrogens with one attached hydrogen (secondary N) is 2. The van der Waals surface area contributed by atoms with Gasteiger partial charge in [0, 0.05) is 6.07 Å². The highest BCUT2D eigenvalue weighted by Crippen LogP contribution is 2.30. The third-order valence-corrected chi connectivity index (χ3v) is 4.70. The van der Waals surface area contributed by atoms with Gasteiger partial charge in [0.05, 0.1) is 36.5 Å². The summed E-state index contributed by atoms with van der Waals surface area (Å²) >= 11 is 1.35. The van der Waals surface area contributed by atoms with E-state index in [0.29, 0.717) is 35.6 Å². The molecule has 1 amide bonds. The van der Waals surface area contributed by atoms with Crippen LogP contribution in [0.25, 0.3) is 11.3 Å². The summed E-state index contributed by atoms with van der Waals surface area (Å²) < 4.78 is 11.1. The average molecular weight is 398 g/mol. The topological polar surface area (TPSA) is 76.2 Å². The zero-order valence-corrected chi connectivity index (χ0v) is 16.7. The predicted molar refractivity (Wildman–Crippen MR) is 112 cm³/mol. The normalized spacial score (nSPS) is 10.5. The van der Waals surface area contributed by atoms with E-state index in [2.05, 4.69) is 15.3 Å². The van der Waals surface area contributed by atoms with E-state index in [9.17, 15) is 4.79 Å². The molecule has 0 saturated carbocycles. The summed E-state index contributed by atoms with van der Waals surface area (Å²) in [5, 5.41) is 3.59. The lowest BCUT2D eigenvalue weighted by atomic mass is 10.2. The molecule has 28 heavy (non-hydrogen) atoms. The Hall–Kier alpha value is -2.93. The van der Waals surface area contributed by atoms with Crippen LogP contribution in [-0.2, 0) is 4.79 Å². The van der Waals surface area contributed by atoms with Crippen molar-refractivity contribution in [2.45, 2.75) is 19.0 Å². The minimum atomic E-state index is -0.141. The van der Waals surface area contributed by atoms with Gasteiger partial charge in [0.15, 0.2) is 5.16 Å². The van der Waals surface area contributed by atoms with Gasteiger partial charge in [-0.3, -0.25) is 4.79 Å². The van der Waals surface area contributed by atoms with Crippen LogP contribution in [0.2, 0.25) is 0 Å². The van der Waals surface area contributed by atoms with Crippen LogP contribution in [0.15, 0.2) is 59.9 Å². The fourth-order valence-corrected chi connectivity index (χ4v) is 3.25. The highest BCUT2D eigenvalue weighted by Gasteiger charge is 2.12. The van der Waals surface area contributed by atoms with Crippen molar-refractivity contribution in [1.29, 1.82) is 0 Å². The number of hydrogen-bond donors (Lipinski definition) is 2. The Morgan fingerprint density at radius 3 is 2.64 bits per heavy atom. The number of hydrogen-bond acceptors (Lipinski definition) is 5. The Morgan fingerprint density at radius 2 is 1.89 bits per heavy atom. The van der Waals surface area contributed by atoms with Crippen molar-refractivity contribution in [1.82, 2.24) is 9.97 Å². The first-order chi connectivity index (χ1) is 13.7. The third-order valence-electron chi connectivity index (χ3n) is 3.81.